The van der Waals surface area contributed by atoms with Crippen molar-refractivity contribution in [2.75, 3.05) is 13.1 Å². The third-order valence-corrected chi connectivity index (χ3v) is 4.57. The molecule has 1 amide bonds. The van der Waals surface area contributed by atoms with Gasteiger partial charge in [-0.3, -0.25) is 9.78 Å². The third-order valence-electron chi connectivity index (χ3n) is 4.57. The molecule has 2 fully saturated rings. The van der Waals surface area contributed by atoms with Crippen LogP contribution in [0.4, 0.5) is 0 Å². The summed E-state index contributed by atoms with van der Waals surface area (Å²) in [6.07, 6.45) is 7.25. The van der Waals surface area contributed by atoms with E-state index in [2.05, 4.69) is 15.1 Å². The van der Waals surface area contributed by atoms with Gasteiger partial charge in [0.05, 0.1) is 11.6 Å². The van der Waals surface area contributed by atoms with Crippen molar-refractivity contribution in [1.29, 1.82) is 0 Å². The van der Waals surface area contributed by atoms with Crippen LogP contribution >= 0.6 is 0 Å². The van der Waals surface area contributed by atoms with Crippen molar-refractivity contribution in [2.45, 2.75) is 37.6 Å². The summed E-state index contributed by atoms with van der Waals surface area (Å²) in [5.74, 6) is 1.33. The first kappa shape index (κ1) is 13.4. The molecule has 7 nitrogen and oxygen atoms in total. The van der Waals surface area contributed by atoms with Crippen LogP contribution in [0.5, 0.6) is 0 Å². The first-order valence-electron chi connectivity index (χ1n) is 7.83. The Bertz CT molecular complexity index is 717. The fourth-order valence-electron chi connectivity index (χ4n) is 3.09. The average Bonchev–Trinajstić information content (AvgIpc) is 3.10. The molecule has 1 saturated heterocycles. The molecule has 2 aromatic rings. The molecule has 0 unspecified atom stereocenters. The van der Waals surface area contributed by atoms with Crippen LogP contribution in [0.25, 0.3) is 0 Å². The Balaban J connectivity index is 1.43. The van der Waals surface area contributed by atoms with E-state index in [0.29, 0.717) is 24.6 Å². The number of hydrogen-bond acceptors (Lipinski definition) is 3. The van der Waals surface area contributed by atoms with Crippen LogP contribution in [0.1, 0.15) is 53.8 Å². The monoisotopic (exact) mass is 301 g/mol. The molecule has 1 aliphatic heterocycles. The molecule has 3 heterocycles. The molecule has 0 aromatic carbocycles. The van der Waals surface area contributed by atoms with Gasteiger partial charge in [0.25, 0.3) is 5.91 Å². The number of rotatable bonds is 3. The molecule has 7 heteroatoms. The summed E-state index contributed by atoms with van der Waals surface area (Å²) in [5, 5.41) is 4.46. The van der Waals surface area contributed by atoms with Gasteiger partial charge in [0.2, 0.25) is 0 Å². The molecule has 2 aromatic heterocycles. The molecule has 0 radical (unpaired) electrons. The highest BCUT2D eigenvalue weighted by Gasteiger charge is 2.30. The maximum atomic E-state index is 12.3. The van der Waals surface area contributed by atoms with Gasteiger partial charge in [0.15, 0.2) is 0 Å². The summed E-state index contributed by atoms with van der Waals surface area (Å²) in [6, 6.07) is 1.88. The number of carbonyl (C=O) groups excluding carboxylic acids is 1. The van der Waals surface area contributed by atoms with E-state index in [1.54, 1.807) is 23.1 Å². The summed E-state index contributed by atoms with van der Waals surface area (Å²) in [7, 11) is 0. The van der Waals surface area contributed by atoms with Gasteiger partial charge in [-0.2, -0.15) is 5.10 Å². The Kier molecular flexibility index (Phi) is 3.13. The summed E-state index contributed by atoms with van der Waals surface area (Å²) < 4.78 is 1.59. The number of nitrogens with one attached hydrogen (secondary N) is 2. The number of piperidine rings is 1. The Morgan fingerprint density at radius 2 is 2.00 bits per heavy atom. The van der Waals surface area contributed by atoms with Gasteiger partial charge >= 0.3 is 5.69 Å². The van der Waals surface area contributed by atoms with Crippen LogP contribution in [0.2, 0.25) is 0 Å². The van der Waals surface area contributed by atoms with Crippen molar-refractivity contribution >= 4 is 5.91 Å². The van der Waals surface area contributed by atoms with Crippen LogP contribution in [-0.4, -0.2) is 43.6 Å². The van der Waals surface area contributed by atoms with Crippen molar-refractivity contribution in [1.82, 2.24) is 24.6 Å². The molecular weight excluding hydrogens is 282 g/mol. The van der Waals surface area contributed by atoms with Crippen LogP contribution in [0.15, 0.2) is 23.3 Å². The minimum absolute atomic E-state index is 0.0488. The number of likely N-dealkylation sites (tertiary alicyclic amines) is 1. The molecule has 2 N–H and O–H groups in total. The van der Waals surface area contributed by atoms with Crippen LogP contribution in [-0.2, 0) is 0 Å². The Morgan fingerprint density at radius 1 is 1.23 bits per heavy atom. The first-order valence-corrected chi connectivity index (χ1v) is 7.83. The van der Waals surface area contributed by atoms with Gasteiger partial charge in [-0.1, -0.05) is 0 Å². The number of hydrogen-bond donors (Lipinski definition) is 2. The van der Waals surface area contributed by atoms with Gasteiger partial charge < -0.3 is 9.88 Å². The van der Waals surface area contributed by atoms with E-state index in [4.69, 9.17) is 0 Å². The highest BCUT2D eigenvalue weighted by atomic mass is 16.2. The highest BCUT2D eigenvalue weighted by Crippen LogP contribution is 2.37. The molecule has 2 aliphatic rings. The van der Waals surface area contributed by atoms with E-state index in [1.807, 2.05) is 4.90 Å². The van der Waals surface area contributed by atoms with Crippen molar-refractivity contribution in [3.05, 3.63) is 40.3 Å². The second-order valence-corrected chi connectivity index (χ2v) is 6.16. The molecule has 0 atom stereocenters. The standard InChI is InChI=1S/C15H19N5O2/c21-14(11-3-6-16-9-11)19-7-4-12(5-8-19)20-15(22)17-13(18-20)10-1-2-10/h3,6,9-10,12,16H,1-2,4-5,7-8H2,(H,17,18,22). The number of H-pyrrole nitrogens is 2. The first-order chi connectivity index (χ1) is 10.7. The summed E-state index contributed by atoms with van der Waals surface area (Å²) in [6.45, 7) is 1.32. The van der Waals surface area contributed by atoms with Gasteiger partial charge in [0, 0.05) is 31.4 Å². The lowest BCUT2D eigenvalue weighted by atomic mass is 10.0. The quantitative estimate of drug-likeness (QED) is 0.894. The van der Waals surface area contributed by atoms with Gasteiger partial charge in [-0.15, -0.1) is 0 Å². The minimum Gasteiger partial charge on any atom is -0.367 e. The maximum Gasteiger partial charge on any atom is 0.343 e. The Labute approximate surface area is 127 Å². The second kappa shape index (κ2) is 5.15. The molecule has 1 saturated carbocycles. The summed E-state index contributed by atoms with van der Waals surface area (Å²) in [4.78, 5) is 31.9. The van der Waals surface area contributed by atoms with E-state index < -0.39 is 0 Å². The third kappa shape index (κ3) is 2.36. The fraction of sp³-hybridized carbons (Fsp3) is 0.533. The van der Waals surface area contributed by atoms with Gasteiger partial charge in [-0.25, -0.2) is 9.48 Å². The normalized spacial score (nSPS) is 19.5. The number of carbonyl (C=O) groups is 1. The van der Waals surface area contributed by atoms with E-state index in [-0.39, 0.29) is 17.6 Å². The average molecular weight is 301 g/mol. The van der Waals surface area contributed by atoms with Gasteiger partial charge in [0.1, 0.15) is 5.82 Å². The van der Waals surface area contributed by atoms with E-state index in [0.717, 1.165) is 31.5 Å². The van der Waals surface area contributed by atoms with Crippen LogP contribution < -0.4 is 5.69 Å². The number of aromatic amines is 2. The summed E-state index contributed by atoms with van der Waals surface area (Å²) in [5.41, 5.74) is 0.573. The lowest BCUT2D eigenvalue weighted by Crippen LogP contribution is -2.40. The second-order valence-electron chi connectivity index (χ2n) is 6.16. The number of amides is 1. The zero-order valence-electron chi connectivity index (χ0n) is 12.3. The molecular formula is C15H19N5O2. The topological polar surface area (TPSA) is 86.8 Å². The van der Waals surface area contributed by atoms with Crippen molar-refractivity contribution < 1.29 is 4.79 Å². The Hall–Kier alpha value is -2.31. The molecule has 116 valence electrons. The van der Waals surface area contributed by atoms with Crippen molar-refractivity contribution in [2.24, 2.45) is 0 Å². The van der Waals surface area contributed by atoms with Crippen LogP contribution in [0.3, 0.4) is 0 Å². The lowest BCUT2D eigenvalue weighted by Gasteiger charge is -2.31. The predicted octanol–water partition coefficient (Wildman–Crippen LogP) is 1.25. The van der Waals surface area contributed by atoms with Crippen molar-refractivity contribution in [3.63, 3.8) is 0 Å². The zero-order chi connectivity index (χ0) is 15.1. The largest absolute Gasteiger partial charge is 0.367 e. The molecule has 0 spiro atoms. The molecule has 4 rings (SSSR count). The smallest absolute Gasteiger partial charge is 0.343 e. The maximum absolute atomic E-state index is 12.3. The van der Waals surface area contributed by atoms with E-state index in [9.17, 15) is 9.59 Å². The van der Waals surface area contributed by atoms with E-state index in [1.165, 1.54) is 0 Å². The van der Waals surface area contributed by atoms with Crippen molar-refractivity contribution in [3.8, 4) is 0 Å². The zero-order valence-corrected chi connectivity index (χ0v) is 12.3. The lowest BCUT2D eigenvalue weighted by molar-refractivity contribution is 0.0688. The predicted molar refractivity (Wildman–Crippen MR) is 79.8 cm³/mol. The van der Waals surface area contributed by atoms with Gasteiger partial charge in [-0.05, 0) is 31.7 Å². The molecule has 1 aliphatic carbocycles. The number of aromatic nitrogens is 4. The minimum atomic E-state index is -0.114. The fourth-order valence-corrected chi connectivity index (χ4v) is 3.09. The number of nitrogens with zero attached hydrogens (tertiary/aromatic N) is 3. The summed E-state index contributed by atoms with van der Waals surface area (Å²) >= 11 is 0. The molecule has 22 heavy (non-hydrogen) atoms. The Morgan fingerprint density at radius 3 is 2.64 bits per heavy atom. The van der Waals surface area contributed by atoms with E-state index >= 15 is 0 Å². The SMILES string of the molecule is O=C(c1cc[nH]c1)N1CCC(n2nc(C3CC3)[nH]c2=O)CC1. The highest BCUT2D eigenvalue weighted by molar-refractivity contribution is 5.94. The molecule has 0 bridgehead atoms. The van der Waals surface area contributed by atoms with Crippen LogP contribution in [0, 0.1) is 0 Å².